The Bertz CT molecular complexity index is 479. The third-order valence-electron chi connectivity index (χ3n) is 5.38. The van der Waals surface area contributed by atoms with Crippen LogP contribution in [0.15, 0.2) is 0 Å². The van der Waals surface area contributed by atoms with Gasteiger partial charge in [-0.25, -0.2) is 4.68 Å². The van der Waals surface area contributed by atoms with Crippen LogP contribution >= 0.6 is 0 Å². The second kappa shape index (κ2) is 8.87. The molecule has 7 heteroatoms. The number of tetrazole rings is 1. The summed E-state index contributed by atoms with van der Waals surface area (Å²) in [5.41, 5.74) is 0. The Morgan fingerprint density at radius 3 is 2.71 bits per heavy atom. The van der Waals surface area contributed by atoms with Gasteiger partial charge in [-0.05, 0) is 36.2 Å². The summed E-state index contributed by atoms with van der Waals surface area (Å²) < 4.78 is 7.78. The molecule has 2 atom stereocenters. The molecule has 0 spiro atoms. The molecule has 1 aromatic rings. The van der Waals surface area contributed by atoms with E-state index in [1.165, 1.54) is 12.8 Å². The Hall–Kier alpha value is -1.05. The van der Waals surface area contributed by atoms with Crippen molar-refractivity contribution in [1.82, 2.24) is 30.0 Å². The molecule has 0 N–H and O–H groups in total. The summed E-state index contributed by atoms with van der Waals surface area (Å²) in [6.07, 6.45) is 6.10. The Morgan fingerprint density at radius 2 is 2.04 bits per heavy atom. The molecule has 24 heavy (non-hydrogen) atoms. The average Bonchev–Trinajstić information content (AvgIpc) is 3.29. The lowest BCUT2D eigenvalue weighted by Crippen LogP contribution is -2.48. The van der Waals surface area contributed by atoms with Gasteiger partial charge in [0.1, 0.15) is 0 Å². The summed E-state index contributed by atoms with van der Waals surface area (Å²) >= 11 is 0. The molecule has 136 valence electrons. The molecule has 2 aliphatic heterocycles. The lowest BCUT2D eigenvalue weighted by atomic mass is 10.1. The van der Waals surface area contributed by atoms with Crippen molar-refractivity contribution in [2.75, 3.05) is 39.3 Å². The van der Waals surface area contributed by atoms with Gasteiger partial charge in [-0.1, -0.05) is 26.7 Å². The minimum atomic E-state index is 0.274. The molecule has 0 aromatic carbocycles. The second-order valence-electron chi connectivity index (χ2n) is 6.98. The largest absolute Gasteiger partial charge is 0.376 e. The summed E-state index contributed by atoms with van der Waals surface area (Å²) in [7, 11) is 0. The van der Waals surface area contributed by atoms with Crippen molar-refractivity contribution in [3.63, 3.8) is 0 Å². The fraction of sp³-hybridized carbons (Fsp3) is 0.941. The maximum atomic E-state index is 5.78. The number of unbranched alkanes of at least 4 members (excludes halogenated alkanes) is 1. The summed E-state index contributed by atoms with van der Waals surface area (Å²) in [5.74, 6) is 1.03. The van der Waals surface area contributed by atoms with Gasteiger partial charge in [0.2, 0.25) is 0 Å². The number of aromatic nitrogens is 4. The Morgan fingerprint density at radius 1 is 1.21 bits per heavy atom. The predicted molar refractivity (Wildman–Crippen MR) is 92.7 cm³/mol. The van der Waals surface area contributed by atoms with E-state index in [1.54, 1.807) is 0 Å². The van der Waals surface area contributed by atoms with Gasteiger partial charge in [0, 0.05) is 32.8 Å². The minimum Gasteiger partial charge on any atom is -0.376 e. The number of piperazine rings is 1. The van der Waals surface area contributed by atoms with Gasteiger partial charge in [-0.3, -0.25) is 4.90 Å². The fourth-order valence-electron chi connectivity index (χ4n) is 3.83. The van der Waals surface area contributed by atoms with Crippen molar-refractivity contribution in [1.29, 1.82) is 0 Å². The molecule has 3 rings (SSSR count). The zero-order chi connectivity index (χ0) is 16.8. The number of rotatable bonds is 8. The molecule has 0 unspecified atom stereocenters. The van der Waals surface area contributed by atoms with E-state index in [9.17, 15) is 0 Å². The van der Waals surface area contributed by atoms with Crippen molar-refractivity contribution in [3.8, 4) is 0 Å². The SMILES string of the molecule is CCCC[C@H](c1nnnn1C[C@H]1CCCO1)N1CCN(CC)CC1. The van der Waals surface area contributed by atoms with Crippen LogP contribution in [-0.2, 0) is 11.3 Å². The van der Waals surface area contributed by atoms with Crippen LogP contribution < -0.4 is 0 Å². The van der Waals surface area contributed by atoms with Crippen molar-refractivity contribution in [2.45, 2.75) is 64.6 Å². The number of hydrogen-bond acceptors (Lipinski definition) is 6. The zero-order valence-electron chi connectivity index (χ0n) is 15.2. The molecule has 7 nitrogen and oxygen atoms in total. The van der Waals surface area contributed by atoms with E-state index >= 15 is 0 Å². The highest BCUT2D eigenvalue weighted by atomic mass is 16.5. The maximum absolute atomic E-state index is 5.78. The third-order valence-corrected chi connectivity index (χ3v) is 5.38. The van der Waals surface area contributed by atoms with Gasteiger partial charge in [-0.2, -0.15) is 0 Å². The Labute approximate surface area is 145 Å². The van der Waals surface area contributed by atoms with E-state index in [0.717, 1.165) is 71.0 Å². The van der Waals surface area contributed by atoms with Crippen LogP contribution in [0.1, 0.15) is 57.8 Å². The molecule has 1 aromatic heterocycles. The highest BCUT2D eigenvalue weighted by molar-refractivity contribution is 4.95. The van der Waals surface area contributed by atoms with Crippen LogP contribution in [-0.4, -0.2) is 75.4 Å². The van der Waals surface area contributed by atoms with Crippen molar-refractivity contribution < 1.29 is 4.74 Å². The van der Waals surface area contributed by atoms with Gasteiger partial charge >= 0.3 is 0 Å². The number of hydrogen-bond donors (Lipinski definition) is 0. The summed E-state index contributed by atoms with van der Waals surface area (Å²) in [6.45, 7) is 11.8. The highest BCUT2D eigenvalue weighted by Crippen LogP contribution is 2.26. The molecular formula is C17H32N6O. The average molecular weight is 336 g/mol. The first-order valence-corrected chi connectivity index (χ1v) is 9.65. The van der Waals surface area contributed by atoms with E-state index in [-0.39, 0.29) is 6.10 Å². The lowest BCUT2D eigenvalue weighted by Gasteiger charge is -2.38. The molecule has 2 aliphatic rings. The highest BCUT2D eigenvalue weighted by Gasteiger charge is 2.29. The van der Waals surface area contributed by atoms with E-state index in [1.807, 2.05) is 4.68 Å². The van der Waals surface area contributed by atoms with E-state index in [4.69, 9.17) is 4.74 Å². The maximum Gasteiger partial charge on any atom is 0.168 e. The first kappa shape index (κ1) is 17.8. The van der Waals surface area contributed by atoms with Crippen molar-refractivity contribution in [2.24, 2.45) is 0 Å². The lowest BCUT2D eigenvalue weighted by molar-refractivity contribution is 0.0770. The van der Waals surface area contributed by atoms with Crippen LogP contribution in [0.25, 0.3) is 0 Å². The van der Waals surface area contributed by atoms with Gasteiger partial charge in [0.15, 0.2) is 5.82 Å². The normalized spacial score (nSPS) is 24.5. The van der Waals surface area contributed by atoms with Crippen LogP contribution in [0.2, 0.25) is 0 Å². The quantitative estimate of drug-likeness (QED) is 0.720. The Balaban J connectivity index is 1.70. The van der Waals surface area contributed by atoms with E-state index in [2.05, 4.69) is 39.2 Å². The van der Waals surface area contributed by atoms with Gasteiger partial charge in [0.05, 0.1) is 18.7 Å². The first-order chi connectivity index (χ1) is 11.8. The molecule has 0 saturated carbocycles. The van der Waals surface area contributed by atoms with Crippen molar-refractivity contribution >= 4 is 0 Å². The van der Waals surface area contributed by atoms with Crippen LogP contribution in [0, 0.1) is 0 Å². The number of ether oxygens (including phenoxy) is 1. The second-order valence-corrected chi connectivity index (χ2v) is 6.98. The third kappa shape index (κ3) is 4.32. The topological polar surface area (TPSA) is 59.3 Å². The van der Waals surface area contributed by atoms with E-state index in [0.29, 0.717) is 6.04 Å². The summed E-state index contributed by atoms with van der Waals surface area (Å²) in [4.78, 5) is 5.10. The summed E-state index contributed by atoms with van der Waals surface area (Å²) in [6, 6.07) is 0.334. The minimum absolute atomic E-state index is 0.274. The number of nitrogens with zero attached hydrogens (tertiary/aromatic N) is 6. The van der Waals surface area contributed by atoms with Crippen molar-refractivity contribution in [3.05, 3.63) is 5.82 Å². The van der Waals surface area contributed by atoms with Crippen LogP contribution in [0.5, 0.6) is 0 Å². The standard InChI is InChI=1S/C17H32N6O/c1-3-5-8-16(22-11-9-21(4-2)10-12-22)17-18-19-20-23(17)14-15-7-6-13-24-15/h15-16H,3-14H2,1-2H3/t15-,16-/m1/s1. The molecule has 0 bridgehead atoms. The predicted octanol–water partition coefficient (Wildman–Crippen LogP) is 1.72. The van der Waals surface area contributed by atoms with Crippen LogP contribution in [0.4, 0.5) is 0 Å². The van der Waals surface area contributed by atoms with Gasteiger partial charge < -0.3 is 9.64 Å². The molecule has 0 amide bonds. The molecule has 2 saturated heterocycles. The smallest absolute Gasteiger partial charge is 0.168 e. The molecule has 3 heterocycles. The van der Waals surface area contributed by atoms with Crippen LogP contribution in [0.3, 0.4) is 0 Å². The first-order valence-electron chi connectivity index (χ1n) is 9.65. The van der Waals surface area contributed by atoms with E-state index < -0.39 is 0 Å². The summed E-state index contributed by atoms with van der Waals surface area (Å²) in [5, 5.41) is 12.7. The molecule has 0 radical (unpaired) electrons. The van der Waals surface area contributed by atoms with Gasteiger partial charge in [-0.15, -0.1) is 5.10 Å². The number of likely N-dealkylation sites (N-methyl/N-ethyl adjacent to an activating group) is 1. The molecular weight excluding hydrogens is 304 g/mol. The zero-order valence-corrected chi connectivity index (χ0v) is 15.2. The fourth-order valence-corrected chi connectivity index (χ4v) is 3.83. The monoisotopic (exact) mass is 336 g/mol. The molecule has 2 fully saturated rings. The van der Waals surface area contributed by atoms with Gasteiger partial charge in [0.25, 0.3) is 0 Å². The molecule has 0 aliphatic carbocycles. The Kier molecular flexibility index (Phi) is 6.57.